The maximum atomic E-state index is 12.7. The second-order valence-electron chi connectivity index (χ2n) is 7.18. The molecule has 25 heavy (non-hydrogen) atoms. The van der Waals surface area contributed by atoms with Crippen LogP contribution in [-0.2, 0) is 9.59 Å². The number of rotatable bonds is 3. The summed E-state index contributed by atoms with van der Waals surface area (Å²) in [7, 11) is 3.94. The maximum absolute atomic E-state index is 12.7. The number of benzene rings is 1. The fourth-order valence-corrected chi connectivity index (χ4v) is 5.01. The normalized spacial score (nSPS) is 30.4. The summed E-state index contributed by atoms with van der Waals surface area (Å²) in [6, 6.07) is 5.83. The zero-order valence-corrected chi connectivity index (χ0v) is 15.8. The van der Waals surface area contributed by atoms with Gasteiger partial charge in [-0.15, -0.1) is 0 Å². The van der Waals surface area contributed by atoms with Gasteiger partial charge in [0.1, 0.15) is 0 Å². The van der Waals surface area contributed by atoms with Gasteiger partial charge in [0.2, 0.25) is 0 Å². The van der Waals surface area contributed by atoms with Crippen molar-refractivity contribution in [3.05, 3.63) is 40.4 Å². The minimum atomic E-state index is -0.212. The number of carbonyl (C=O) groups excluding carboxylic acids is 2. The van der Waals surface area contributed by atoms with Crippen LogP contribution in [0.5, 0.6) is 0 Å². The van der Waals surface area contributed by atoms with E-state index in [9.17, 15) is 9.59 Å². The Kier molecular flexibility index (Phi) is 4.02. The standard InChI is InChI=1S/C19H20BrN3O2/c1-22(2)15-8-3-11(9-14(15)20)10-21-23-18(24)16-12-4-5-13(7-6-12)17(16)19(23)25/h3-5,8-10,12-13,16-17H,6-7H2,1-2H3/b21-10-/t12-,13-,16+,17+/m0/s1. The summed E-state index contributed by atoms with van der Waals surface area (Å²) in [5.74, 6) is -0.323. The zero-order valence-electron chi connectivity index (χ0n) is 14.2. The molecule has 1 aromatic rings. The summed E-state index contributed by atoms with van der Waals surface area (Å²) >= 11 is 3.54. The van der Waals surface area contributed by atoms with Crippen molar-refractivity contribution in [3.63, 3.8) is 0 Å². The van der Waals surface area contributed by atoms with E-state index in [2.05, 4.69) is 33.2 Å². The predicted octanol–water partition coefficient (Wildman–Crippen LogP) is 3.05. The number of amides is 2. The molecule has 6 heteroatoms. The highest BCUT2D eigenvalue weighted by Crippen LogP contribution is 2.49. The van der Waals surface area contributed by atoms with Crippen LogP contribution in [0.2, 0.25) is 0 Å². The first-order valence-corrected chi connectivity index (χ1v) is 9.33. The first-order valence-electron chi connectivity index (χ1n) is 8.54. The van der Waals surface area contributed by atoms with E-state index in [-0.39, 0.29) is 35.5 Å². The summed E-state index contributed by atoms with van der Waals surface area (Å²) in [5, 5.41) is 5.34. The first kappa shape index (κ1) is 16.5. The van der Waals surface area contributed by atoms with Gasteiger partial charge in [-0.2, -0.15) is 10.1 Å². The number of fused-ring (bicyclic) bond motifs is 1. The molecule has 2 amide bonds. The van der Waals surface area contributed by atoms with Crippen LogP contribution in [0.15, 0.2) is 39.9 Å². The minimum absolute atomic E-state index is 0.144. The highest BCUT2D eigenvalue weighted by Gasteiger charge is 2.56. The van der Waals surface area contributed by atoms with Crippen LogP contribution in [0.1, 0.15) is 18.4 Å². The summed E-state index contributed by atoms with van der Waals surface area (Å²) in [6.07, 6.45) is 7.82. The van der Waals surface area contributed by atoms with Gasteiger partial charge in [0.05, 0.1) is 23.7 Å². The van der Waals surface area contributed by atoms with E-state index in [1.54, 1.807) is 6.21 Å². The average molecular weight is 402 g/mol. The third-order valence-corrected chi connectivity index (χ3v) is 6.15. The molecule has 1 saturated heterocycles. The molecule has 4 aliphatic rings. The third kappa shape index (κ3) is 2.63. The van der Waals surface area contributed by atoms with Gasteiger partial charge in [-0.05, 0) is 58.3 Å². The van der Waals surface area contributed by atoms with E-state index < -0.39 is 0 Å². The lowest BCUT2D eigenvalue weighted by atomic mass is 9.63. The Bertz CT molecular complexity index is 770. The quantitative estimate of drug-likeness (QED) is 0.444. The Morgan fingerprint density at radius 1 is 1.12 bits per heavy atom. The molecule has 0 N–H and O–H groups in total. The minimum Gasteiger partial charge on any atom is -0.377 e. The van der Waals surface area contributed by atoms with Crippen molar-refractivity contribution in [2.24, 2.45) is 28.8 Å². The molecule has 0 spiro atoms. The molecular weight excluding hydrogens is 382 g/mol. The van der Waals surface area contributed by atoms with Gasteiger partial charge in [0, 0.05) is 18.6 Å². The van der Waals surface area contributed by atoms with Gasteiger partial charge in [-0.3, -0.25) is 9.59 Å². The van der Waals surface area contributed by atoms with Gasteiger partial charge in [-0.25, -0.2) is 0 Å². The molecule has 1 saturated carbocycles. The number of hydrazone groups is 1. The highest BCUT2D eigenvalue weighted by atomic mass is 79.9. The van der Waals surface area contributed by atoms with Crippen LogP contribution in [0.4, 0.5) is 5.69 Å². The van der Waals surface area contributed by atoms with E-state index in [0.717, 1.165) is 33.6 Å². The summed E-state index contributed by atoms with van der Waals surface area (Å²) < 4.78 is 0.941. The number of nitrogens with zero attached hydrogens (tertiary/aromatic N) is 3. The molecule has 0 unspecified atom stereocenters. The first-order chi connectivity index (χ1) is 12.0. The lowest BCUT2D eigenvalue weighted by Crippen LogP contribution is -2.38. The maximum Gasteiger partial charge on any atom is 0.254 e. The smallest absolute Gasteiger partial charge is 0.254 e. The number of anilines is 1. The number of hydrogen-bond acceptors (Lipinski definition) is 4. The lowest BCUT2D eigenvalue weighted by molar-refractivity contribution is -0.140. The Labute approximate surface area is 155 Å². The molecule has 1 aliphatic heterocycles. The molecule has 1 heterocycles. The number of imide groups is 1. The number of hydrogen-bond donors (Lipinski definition) is 0. The van der Waals surface area contributed by atoms with Crippen molar-refractivity contribution in [2.45, 2.75) is 12.8 Å². The van der Waals surface area contributed by atoms with Crippen LogP contribution in [0.3, 0.4) is 0 Å². The second kappa shape index (κ2) is 6.09. The van der Waals surface area contributed by atoms with Gasteiger partial charge >= 0.3 is 0 Å². The van der Waals surface area contributed by atoms with Crippen molar-refractivity contribution >= 4 is 39.6 Å². The predicted molar refractivity (Wildman–Crippen MR) is 100 cm³/mol. The lowest BCUT2D eigenvalue weighted by Gasteiger charge is -2.37. The summed E-state index contributed by atoms with van der Waals surface area (Å²) in [4.78, 5) is 27.4. The van der Waals surface area contributed by atoms with Crippen molar-refractivity contribution in [1.82, 2.24) is 5.01 Å². The van der Waals surface area contributed by atoms with Crippen molar-refractivity contribution in [3.8, 4) is 0 Å². The SMILES string of the molecule is CN(C)c1ccc(/C=N\N2C(=O)[C@H]3[C@H](C2=O)[C@H]2C=C[C@H]3CC2)cc1Br. The average Bonchev–Trinajstić information content (AvgIpc) is 2.87. The van der Waals surface area contributed by atoms with Gasteiger partial charge in [0.25, 0.3) is 11.8 Å². The fraction of sp³-hybridized carbons (Fsp3) is 0.421. The summed E-state index contributed by atoms with van der Waals surface area (Å²) in [5.41, 5.74) is 1.90. The largest absolute Gasteiger partial charge is 0.377 e. The Hall–Kier alpha value is -1.95. The van der Waals surface area contributed by atoms with Crippen LogP contribution in [-0.4, -0.2) is 37.1 Å². The van der Waals surface area contributed by atoms with E-state index in [1.807, 2.05) is 37.2 Å². The van der Waals surface area contributed by atoms with Crippen LogP contribution >= 0.6 is 15.9 Å². The topological polar surface area (TPSA) is 53.0 Å². The molecule has 2 fully saturated rings. The molecule has 2 bridgehead atoms. The number of carbonyl (C=O) groups is 2. The molecule has 0 radical (unpaired) electrons. The highest BCUT2D eigenvalue weighted by molar-refractivity contribution is 9.10. The van der Waals surface area contributed by atoms with Crippen molar-refractivity contribution in [2.75, 3.05) is 19.0 Å². The van der Waals surface area contributed by atoms with Crippen LogP contribution in [0, 0.1) is 23.7 Å². The molecule has 130 valence electrons. The molecule has 4 atom stereocenters. The Morgan fingerprint density at radius 2 is 1.72 bits per heavy atom. The van der Waals surface area contributed by atoms with E-state index in [0.29, 0.717) is 0 Å². The molecule has 1 aromatic carbocycles. The Balaban J connectivity index is 1.57. The van der Waals surface area contributed by atoms with Crippen LogP contribution in [0.25, 0.3) is 0 Å². The van der Waals surface area contributed by atoms with E-state index in [4.69, 9.17) is 0 Å². The van der Waals surface area contributed by atoms with Crippen LogP contribution < -0.4 is 4.90 Å². The van der Waals surface area contributed by atoms with Gasteiger partial charge < -0.3 is 4.90 Å². The molecular formula is C19H20BrN3O2. The van der Waals surface area contributed by atoms with Gasteiger partial charge in [-0.1, -0.05) is 18.2 Å². The Morgan fingerprint density at radius 3 is 2.20 bits per heavy atom. The molecule has 3 aliphatic carbocycles. The molecule has 0 aromatic heterocycles. The van der Waals surface area contributed by atoms with E-state index >= 15 is 0 Å². The third-order valence-electron chi connectivity index (χ3n) is 5.51. The van der Waals surface area contributed by atoms with Crippen molar-refractivity contribution in [1.29, 1.82) is 0 Å². The zero-order chi connectivity index (χ0) is 17.7. The number of allylic oxidation sites excluding steroid dienone is 2. The summed E-state index contributed by atoms with van der Waals surface area (Å²) in [6.45, 7) is 0. The second-order valence-corrected chi connectivity index (χ2v) is 8.03. The van der Waals surface area contributed by atoms with Gasteiger partial charge in [0.15, 0.2) is 0 Å². The number of halogens is 1. The fourth-order valence-electron chi connectivity index (χ4n) is 4.26. The molecule has 5 rings (SSSR count). The van der Waals surface area contributed by atoms with Crippen molar-refractivity contribution < 1.29 is 9.59 Å². The van der Waals surface area contributed by atoms with E-state index in [1.165, 1.54) is 0 Å². The molecule has 5 nitrogen and oxygen atoms in total. The monoisotopic (exact) mass is 401 g/mol.